The molecule has 0 aliphatic rings. The molecule has 0 unspecified atom stereocenters. The molecule has 0 atom stereocenters. The summed E-state index contributed by atoms with van der Waals surface area (Å²) in [5.74, 6) is 0. The van der Waals surface area contributed by atoms with Crippen LogP contribution in [0, 0.1) is 0 Å². The Kier molecular flexibility index (Phi) is 10.2. The molecule has 1 heterocycles. The number of nitrogens with one attached hydrogen (secondary N) is 1. The lowest BCUT2D eigenvalue weighted by atomic mass is 9.87. The number of H-pyrrole nitrogens is 1. The van der Waals surface area contributed by atoms with E-state index in [1.54, 1.807) is 12.1 Å². The molecular formula is C26H39ClN4O2Si. The first-order valence-corrected chi connectivity index (χ1v) is 15.7. The summed E-state index contributed by atoms with van der Waals surface area (Å²) in [4.78, 5) is 22.1. The molecule has 0 saturated carbocycles. The van der Waals surface area contributed by atoms with E-state index in [-0.39, 0.29) is 16.5 Å². The maximum Gasteiger partial charge on any atom is 0.365 e. The van der Waals surface area contributed by atoms with E-state index in [1.807, 2.05) is 36.4 Å². The number of carbonyl (C=O) groups is 1. The third-order valence-corrected chi connectivity index (χ3v) is 4.65. The zero-order valence-electron chi connectivity index (χ0n) is 22.2. The molecule has 0 saturated heterocycles. The van der Waals surface area contributed by atoms with Crippen molar-refractivity contribution < 1.29 is 4.79 Å². The fraction of sp³-hybridized carbons (Fsp3) is 0.462. The van der Waals surface area contributed by atoms with Crippen molar-refractivity contribution in [2.45, 2.75) is 78.6 Å². The Balaban J connectivity index is 0.000000289. The fourth-order valence-corrected chi connectivity index (χ4v) is 2.70. The van der Waals surface area contributed by atoms with Crippen LogP contribution in [0.3, 0.4) is 0 Å². The molecule has 3 rings (SSSR count). The highest BCUT2D eigenvalue weighted by Gasteiger charge is 2.14. The molecule has 6 nitrogen and oxygen atoms in total. The van der Waals surface area contributed by atoms with Gasteiger partial charge >= 0.3 is 5.69 Å². The van der Waals surface area contributed by atoms with E-state index in [4.69, 9.17) is 11.6 Å². The van der Waals surface area contributed by atoms with Gasteiger partial charge in [-0.25, -0.2) is 9.89 Å². The van der Waals surface area contributed by atoms with Crippen LogP contribution in [0.2, 0.25) is 26.2 Å². The van der Waals surface area contributed by atoms with Crippen LogP contribution in [-0.2, 0) is 10.8 Å². The summed E-state index contributed by atoms with van der Waals surface area (Å²) >= 11 is 5.33. The van der Waals surface area contributed by atoms with Gasteiger partial charge in [0.05, 0.1) is 5.69 Å². The van der Waals surface area contributed by atoms with Crippen molar-refractivity contribution >= 4 is 24.9 Å². The zero-order valence-corrected chi connectivity index (χ0v) is 23.9. The van der Waals surface area contributed by atoms with Gasteiger partial charge in [-0.1, -0.05) is 92.0 Å². The molecule has 8 heteroatoms. The SMILES string of the molecule is CC(C)(C)c1ccc(-n2nn[nH]c2=O)cc1.CC(C)(C)c1ccc(C(=O)Cl)cc1.C[Si](C)(C)C. The number of halogens is 1. The molecule has 34 heavy (non-hydrogen) atoms. The molecule has 0 bridgehead atoms. The summed E-state index contributed by atoms with van der Waals surface area (Å²) in [6.45, 7) is 22.1. The molecule has 0 fully saturated rings. The first-order valence-electron chi connectivity index (χ1n) is 11.3. The molecule has 0 aliphatic carbocycles. The minimum Gasteiger partial charge on any atom is -0.276 e. The van der Waals surface area contributed by atoms with Gasteiger partial charge in [-0.05, 0) is 68.3 Å². The van der Waals surface area contributed by atoms with Gasteiger partial charge in [0.25, 0.3) is 5.24 Å². The van der Waals surface area contributed by atoms with Gasteiger partial charge in [-0.15, -0.1) is 0 Å². The molecule has 1 aromatic heterocycles. The molecule has 0 spiro atoms. The highest BCUT2D eigenvalue weighted by molar-refractivity contribution is 6.74. The Hall–Kier alpha value is -2.51. The lowest BCUT2D eigenvalue weighted by molar-refractivity contribution is 0.108. The molecule has 186 valence electrons. The molecule has 1 N–H and O–H groups in total. The quantitative estimate of drug-likeness (QED) is 0.317. The molecule has 0 aliphatic heterocycles. The average Bonchev–Trinajstić information content (AvgIpc) is 3.12. The van der Waals surface area contributed by atoms with Crippen LogP contribution in [0.25, 0.3) is 5.69 Å². The Bertz CT molecular complexity index is 1090. The van der Waals surface area contributed by atoms with E-state index in [0.29, 0.717) is 11.3 Å². The van der Waals surface area contributed by atoms with Gasteiger partial charge in [0, 0.05) is 13.6 Å². The first-order chi connectivity index (χ1) is 15.4. The smallest absolute Gasteiger partial charge is 0.276 e. The summed E-state index contributed by atoms with van der Waals surface area (Å²) in [5.41, 5.74) is 3.58. The van der Waals surface area contributed by atoms with Crippen molar-refractivity contribution in [2.75, 3.05) is 0 Å². The van der Waals surface area contributed by atoms with Gasteiger partial charge in [-0.2, -0.15) is 4.68 Å². The van der Waals surface area contributed by atoms with Crippen LogP contribution in [0.15, 0.2) is 53.3 Å². The molecular weight excluding hydrogens is 464 g/mol. The van der Waals surface area contributed by atoms with Gasteiger partial charge in [0.15, 0.2) is 0 Å². The second-order valence-corrected chi connectivity index (χ2v) is 18.2. The van der Waals surface area contributed by atoms with Crippen molar-refractivity contribution in [1.82, 2.24) is 20.2 Å². The van der Waals surface area contributed by atoms with E-state index in [0.717, 1.165) is 0 Å². The van der Waals surface area contributed by atoms with Crippen molar-refractivity contribution in [1.29, 1.82) is 0 Å². The third kappa shape index (κ3) is 10.6. The van der Waals surface area contributed by atoms with E-state index in [1.165, 1.54) is 15.8 Å². The Labute approximate surface area is 209 Å². The normalized spacial score (nSPS) is 11.6. The number of hydrogen-bond donors (Lipinski definition) is 1. The topological polar surface area (TPSA) is 80.6 Å². The Morgan fingerprint density at radius 3 is 1.50 bits per heavy atom. The number of hydrogen-bond acceptors (Lipinski definition) is 4. The van der Waals surface area contributed by atoms with Gasteiger partial charge in [0.1, 0.15) is 0 Å². The third-order valence-electron chi connectivity index (χ3n) is 4.43. The van der Waals surface area contributed by atoms with Crippen LogP contribution in [0.4, 0.5) is 0 Å². The highest BCUT2D eigenvalue weighted by atomic mass is 35.5. The molecule has 2 aromatic carbocycles. The summed E-state index contributed by atoms with van der Waals surface area (Å²) in [6, 6.07) is 15.1. The summed E-state index contributed by atoms with van der Waals surface area (Å²) in [6.07, 6.45) is 0. The second kappa shape index (κ2) is 11.8. The fourth-order valence-electron chi connectivity index (χ4n) is 2.57. The summed E-state index contributed by atoms with van der Waals surface area (Å²) < 4.78 is 1.23. The molecule has 0 amide bonds. The van der Waals surface area contributed by atoms with Gasteiger partial charge in [0.2, 0.25) is 0 Å². The van der Waals surface area contributed by atoms with Crippen LogP contribution < -0.4 is 5.69 Å². The zero-order chi connectivity index (χ0) is 26.3. The molecule has 3 aromatic rings. The average molecular weight is 503 g/mol. The van der Waals surface area contributed by atoms with Crippen molar-refractivity contribution in [2.24, 2.45) is 0 Å². The van der Waals surface area contributed by atoms with E-state index in [9.17, 15) is 9.59 Å². The summed E-state index contributed by atoms with van der Waals surface area (Å²) in [7, 11) is -0.611. The number of carbonyl (C=O) groups excluding carboxylic acids is 1. The number of aromatic nitrogens is 4. The Morgan fingerprint density at radius 1 is 0.824 bits per heavy atom. The standard InChI is InChI=1S/C11H13ClO.C11H14N4O.C4H12Si/c1-11(2,3)9-6-4-8(5-7-9)10(12)13;1-11(2,3)8-4-6-9(7-5-8)15-10(16)12-13-14-15;1-5(2,3)4/h4-7H,1-3H3;4-7H,1-3H3,(H,12,14,16);1-4H3. The number of tetrazole rings is 1. The highest BCUT2D eigenvalue weighted by Crippen LogP contribution is 2.23. The van der Waals surface area contributed by atoms with Crippen molar-refractivity contribution in [3.05, 3.63) is 75.7 Å². The predicted molar refractivity (Wildman–Crippen MR) is 145 cm³/mol. The minimum atomic E-state index is -0.611. The maximum atomic E-state index is 11.3. The lowest BCUT2D eigenvalue weighted by Crippen LogP contribution is -2.16. The minimum absolute atomic E-state index is 0.104. The number of rotatable bonds is 2. The maximum absolute atomic E-state index is 11.3. The van der Waals surface area contributed by atoms with Crippen LogP contribution in [0.1, 0.15) is 63.0 Å². The number of aromatic amines is 1. The monoisotopic (exact) mass is 502 g/mol. The van der Waals surface area contributed by atoms with Crippen molar-refractivity contribution in [3.8, 4) is 5.69 Å². The first kappa shape index (κ1) is 29.5. The van der Waals surface area contributed by atoms with Crippen molar-refractivity contribution in [3.63, 3.8) is 0 Å². The van der Waals surface area contributed by atoms with Gasteiger partial charge in [-0.3, -0.25) is 4.79 Å². The largest absolute Gasteiger partial charge is 0.365 e. The Morgan fingerprint density at radius 2 is 1.21 bits per heavy atom. The van der Waals surface area contributed by atoms with Gasteiger partial charge < -0.3 is 0 Å². The van der Waals surface area contributed by atoms with Crippen LogP contribution in [-0.4, -0.2) is 33.5 Å². The number of benzene rings is 2. The second-order valence-electron chi connectivity index (χ2n) is 11.8. The lowest BCUT2D eigenvalue weighted by Gasteiger charge is -2.18. The van der Waals surface area contributed by atoms with E-state index < -0.39 is 13.3 Å². The van der Waals surface area contributed by atoms with E-state index in [2.05, 4.69) is 83.3 Å². The predicted octanol–water partition coefficient (Wildman–Crippen LogP) is 6.57. The number of nitrogens with zero attached hydrogens (tertiary/aromatic N) is 3. The van der Waals surface area contributed by atoms with E-state index >= 15 is 0 Å². The molecule has 0 radical (unpaired) electrons. The van der Waals surface area contributed by atoms with Crippen LogP contribution >= 0.6 is 11.6 Å². The summed E-state index contributed by atoms with van der Waals surface area (Å²) in [5, 5.41) is 8.98. The van der Waals surface area contributed by atoms with Crippen LogP contribution in [0.5, 0.6) is 0 Å².